The van der Waals surface area contributed by atoms with Crippen molar-refractivity contribution in [3.8, 4) is 11.4 Å². The number of rotatable bonds is 2. The summed E-state index contributed by atoms with van der Waals surface area (Å²) in [5, 5.41) is 3.45. The predicted molar refractivity (Wildman–Crippen MR) is 85.6 cm³/mol. The lowest BCUT2D eigenvalue weighted by Crippen LogP contribution is -2.05. The van der Waals surface area contributed by atoms with Gasteiger partial charge >= 0.3 is 0 Å². The topological polar surface area (TPSA) is 57.8 Å². The molecule has 0 bridgehead atoms. The van der Waals surface area contributed by atoms with Crippen LogP contribution in [-0.4, -0.2) is 15.9 Å². The molecule has 1 heterocycles. The van der Waals surface area contributed by atoms with Crippen molar-refractivity contribution in [2.75, 3.05) is 5.32 Å². The summed E-state index contributed by atoms with van der Waals surface area (Å²) in [7, 11) is 0. The van der Waals surface area contributed by atoms with Gasteiger partial charge in [-0.05, 0) is 48.9 Å². The number of imidazole rings is 1. The van der Waals surface area contributed by atoms with Crippen LogP contribution >= 0.6 is 11.6 Å². The van der Waals surface area contributed by atoms with Crippen LogP contribution in [0.4, 0.5) is 5.69 Å². The molecule has 5 heteroatoms. The van der Waals surface area contributed by atoms with Crippen molar-refractivity contribution >= 4 is 34.2 Å². The third kappa shape index (κ3) is 2.76. The summed E-state index contributed by atoms with van der Waals surface area (Å²) in [6.45, 7) is 3.45. The number of fused-ring (bicyclic) bond motifs is 1. The number of H-pyrrole nitrogens is 1. The maximum Gasteiger partial charge on any atom is 0.221 e. The number of benzene rings is 2. The highest BCUT2D eigenvalue weighted by atomic mass is 35.5. The minimum Gasteiger partial charge on any atom is -0.338 e. The fourth-order valence-corrected chi connectivity index (χ4v) is 2.35. The van der Waals surface area contributed by atoms with Gasteiger partial charge in [-0.15, -0.1) is 0 Å². The number of amides is 1. The van der Waals surface area contributed by atoms with Crippen molar-refractivity contribution in [1.29, 1.82) is 0 Å². The second-order valence-electron chi connectivity index (χ2n) is 4.96. The number of anilines is 1. The Hall–Kier alpha value is -2.33. The van der Waals surface area contributed by atoms with Crippen molar-refractivity contribution in [2.24, 2.45) is 0 Å². The minimum atomic E-state index is -0.0865. The van der Waals surface area contributed by atoms with Crippen molar-refractivity contribution in [2.45, 2.75) is 13.8 Å². The molecule has 0 unspecified atom stereocenters. The highest BCUT2D eigenvalue weighted by Gasteiger charge is 2.07. The van der Waals surface area contributed by atoms with Crippen molar-refractivity contribution in [1.82, 2.24) is 9.97 Å². The van der Waals surface area contributed by atoms with Gasteiger partial charge in [0.05, 0.1) is 11.0 Å². The summed E-state index contributed by atoms with van der Waals surface area (Å²) in [5.41, 5.74) is 4.53. The molecule has 2 aromatic carbocycles. The maximum atomic E-state index is 11.0. The molecule has 2 N–H and O–H groups in total. The molecule has 0 fully saturated rings. The number of hydrogen-bond acceptors (Lipinski definition) is 2. The summed E-state index contributed by atoms with van der Waals surface area (Å²) in [6, 6.07) is 11.4. The van der Waals surface area contributed by atoms with Gasteiger partial charge in [0.1, 0.15) is 5.82 Å². The standard InChI is InChI=1S/C16H14ClN3O/c1-9-7-14-15(8-13(9)17)20-16(19-14)11-3-5-12(6-4-11)18-10(2)21/h3-8H,1-2H3,(H,18,21)(H,19,20). The number of carbonyl (C=O) groups is 1. The largest absolute Gasteiger partial charge is 0.338 e. The fraction of sp³-hybridized carbons (Fsp3) is 0.125. The summed E-state index contributed by atoms with van der Waals surface area (Å²) in [6.07, 6.45) is 0. The van der Waals surface area contributed by atoms with Gasteiger partial charge in [0.25, 0.3) is 0 Å². The van der Waals surface area contributed by atoms with Crippen molar-refractivity contribution in [3.05, 3.63) is 47.0 Å². The zero-order valence-corrected chi connectivity index (χ0v) is 12.5. The molecule has 106 valence electrons. The molecule has 1 amide bonds. The third-order valence-electron chi connectivity index (χ3n) is 3.24. The number of carbonyl (C=O) groups excluding carboxylic acids is 1. The van der Waals surface area contributed by atoms with Gasteiger partial charge in [-0.25, -0.2) is 4.98 Å². The highest BCUT2D eigenvalue weighted by molar-refractivity contribution is 6.32. The molecule has 21 heavy (non-hydrogen) atoms. The van der Waals surface area contributed by atoms with E-state index in [1.807, 2.05) is 43.3 Å². The highest BCUT2D eigenvalue weighted by Crippen LogP contribution is 2.26. The molecule has 0 radical (unpaired) electrons. The molecular weight excluding hydrogens is 286 g/mol. The van der Waals surface area contributed by atoms with Crippen LogP contribution in [0.1, 0.15) is 12.5 Å². The first kappa shape index (κ1) is 13.6. The van der Waals surface area contributed by atoms with Crippen LogP contribution in [-0.2, 0) is 4.79 Å². The van der Waals surface area contributed by atoms with Gasteiger partial charge in [0.15, 0.2) is 0 Å². The quantitative estimate of drug-likeness (QED) is 0.747. The van der Waals surface area contributed by atoms with E-state index in [-0.39, 0.29) is 5.91 Å². The Morgan fingerprint density at radius 2 is 1.95 bits per heavy atom. The lowest BCUT2D eigenvalue weighted by molar-refractivity contribution is -0.114. The monoisotopic (exact) mass is 299 g/mol. The average molecular weight is 300 g/mol. The second-order valence-corrected chi connectivity index (χ2v) is 5.37. The number of aromatic nitrogens is 2. The molecule has 3 aromatic rings. The summed E-state index contributed by atoms with van der Waals surface area (Å²) >= 11 is 6.12. The molecule has 0 atom stereocenters. The van der Waals surface area contributed by atoms with E-state index in [4.69, 9.17) is 11.6 Å². The lowest BCUT2D eigenvalue weighted by atomic mass is 10.2. The molecule has 0 aliphatic rings. The molecule has 4 nitrogen and oxygen atoms in total. The van der Waals surface area contributed by atoms with Gasteiger partial charge in [-0.2, -0.15) is 0 Å². The molecule has 0 aliphatic carbocycles. The van der Waals surface area contributed by atoms with Crippen molar-refractivity contribution < 1.29 is 4.79 Å². The third-order valence-corrected chi connectivity index (χ3v) is 3.65. The Morgan fingerprint density at radius 1 is 1.24 bits per heavy atom. The van der Waals surface area contributed by atoms with E-state index in [1.54, 1.807) is 0 Å². The van der Waals surface area contributed by atoms with E-state index in [0.29, 0.717) is 5.02 Å². The summed E-state index contributed by atoms with van der Waals surface area (Å²) in [5.74, 6) is 0.692. The first-order valence-corrected chi connectivity index (χ1v) is 6.94. The summed E-state index contributed by atoms with van der Waals surface area (Å²) in [4.78, 5) is 18.8. The minimum absolute atomic E-state index is 0.0865. The van der Waals surface area contributed by atoms with Crippen LogP contribution in [0.5, 0.6) is 0 Å². The van der Waals surface area contributed by atoms with Crippen LogP contribution in [0.3, 0.4) is 0 Å². The van der Waals surface area contributed by atoms with E-state index < -0.39 is 0 Å². The van der Waals surface area contributed by atoms with Gasteiger partial charge in [-0.1, -0.05) is 11.6 Å². The Balaban J connectivity index is 1.98. The first-order valence-electron chi connectivity index (χ1n) is 6.57. The van der Waals surface area contributed by atoms with E-state index in [2.05, 4.69) is 15.3 Å². The second kappa shape index (κ2) is 5.22. The van der Waals surface area contributed by atoms with Crippen LogP contribution in [0, 0.1) is 6.92 Å². The predicted octanol–water partition coefficient (Wildman–Crippen LogP) is 4.15. The zero-order valence-electron chi connectivity index (χ0n) is 11.7. The van der Waals surface area contributed by atoms with Crippen LogP contribution in [0.15, 0.2) is 36.4 Å². The Morgan fingerprint density at radius 3 is 2.62 bits per heavy atom. The molecular formula is C16H14ClN3O. The molecule has 3 rings (SSSR count). The molecule has 0 aliphatic heterocycles. The zero-order chi connectivity index (χ0) is 15.0. The number of nitrogens with zero attached hydrogens (tertiary/aromatic N) is 1. The van der Waals surface area contributed by atoms with Gasteiger partial charge < -0.3 is 10.3 Å². The van der Waals surface area contributed by atoms with E-state index >= 15 is 0 Å². The maximum absolute atomic E-state index is 11.0. The number of aromatic amines is 1. The van der Waals surface area contributed by atoms with Crippen LogP contribution in [0.25, 0.3) is 22.4 Å². The van der Waals surface area contributed by atoms with Crippen LogP contribution < -0.4 is 5.32 Å². The molecule has 0 spiro atoms. The summed E-state index contributed by atoms with van der Waals surface area (Å²) < 4.78 is 0. The average Bonchev–Trinajstić information content (AvgIpc) is 2.82. The van der Waals surface area contributed by atoms with E-state index in [9.17, 15) is 4.79 Å². The fourth-order valence-electron chi connectivity index (χ4n) is 2.19. The van der Waals surface area contributed by atoms with Gasteiger partial charge in [0, 0.05) is 23.2 Å². The molecule has 0 saturated heterocycles. The molecule has 1 aromatic heterocycles. The molecule has 0 saturated carbocycles. The Bertz CT molecular complexity index is 782. The van der Waals surface area contributed by atoms with E-state index in [0.717, 1.165) is 33.7 Å². The van der Waals surface area contributed by atoms with Gasteiger partial charge in [-0.3, -0.25) is 4.79 Å². The van der Waals surface area contributed by atoms with Crippen molar-refractivity contribution in [3.63, 3.8) is 0 Å². The Kier molecular flexibility index (Phi) is 3.39. The number of halogens is 1. The van der Waals surface area contributed by atoms with E-state index in [1.165, 1.54) is 6.92 Å². The number of hydrogen-bond donors (Lipinski definition) is 2. The normalized spacial score (nSPS) is 10.8. The first-order chi connectivity index (χ1) is 10.0. The van der Waals surface area contributed by atoms with Gasteiger partial charge in [0.2, 0.25) is 5.91 Å². The smallest absolute Gasteiger partial charge is 0.221 e. The number of nitrogens with one attached hydrogen (secondary N) is 2. The van der Waals surface area contributed by atoms with Crippen LogP contribution in [0.2, 0.25) is 5.02 Å². The lowest BCUT2D eigenvalue weighted by Gasteiger charge is -2.02. The number of aryl methyl sites for hydroxylation is 1. The Labute approximate surface area is 127 Å². The SMILES string of the molecule is CC(=O)Nc1ccc(-c2nc3cc(Cl)c(C)cc3[nH]2)cc1.